The monoisotopic (exact) mass is 454 g/mol. The molecule has 2 aromatic heterocycles. The largest absolute Gasteiger partial charge is 0.361 e. The zero-order valence-electron chi connectivity index (χ0n) is 19.7. The molecule has 3 atom stereocenters. The Labute approximate surface area is 201 Å². The van der Waals surface area contributed by atoms with Crippen molar-refractivity contribution in [2.75, 3.05) is 19.6 Å². The van der Waals surface area contributed by atoms with Gasteiger partial charge in [-0.3, -0.25) is 4.57 Å². The first-order valence-electron chi connectivity index (χ1n) is 12.8. The van der Waals surface area contributed by atoms with Crippen LogP contribution in [0.3, 0.4) is 0 Å². The highest BCUT2D eigenvalue weighted by molar-refractivity contribution is 5.85. The molecule has 0 amide bonds. The van der Waals surface area contributed by atoms with Crippen LogP contribution in [-0.4, -0.2) is 39.4 Å². The molecule has 0 saturated carbocycles. The number of benzene rings is 2. The van der Waals surface area contributed by atoms with Crippen molar-refractivity contribution in [2.24, 2.45) is 11.8 Å². The Balaban J connectivity index is 1.07. The van der Waals surface area contributed by atoms with Gasteiger partial charge in [-0.05, 0) is 105 Å². The van der Waals surface area contributed by atoms with Gasteiger partial charge in [0, 0.05) is 28.8 Å². The fraction of sp³-hybridized carbons (Fsp3) is 0.429. The van der Waals surface area contributed by atoms with E-state index in [-0.39, 0.29) is 0 Å². The normalized spacial score (nSPS) is 22.3. The molecule has 3 unspecified atom stereocenters. The minimum atomic E-state index is 0.540. The predicted molar refractivity (Wildman–Crippen MR) is 136 cm³/mol. The fourth-order valence-corrected chi connectivity index (χ4v) is 6.07. The minimum absolute atomic E-state index is 0.540. The minimum Gasteiger partial charge on any atom is -0.361 e. The molecule has 1 fully saturated rings. The van der Waals surface area contributed by atoms with Crippen LogP contribution in [0.5, 0.6) is 0 Å². The first-order chi connectivity index (χ1) is 16.8. The molecular weight excluding hydrogens is 420 g/mol. The summed E-state index contributed by atoms with van der Waals surface area (Å²) in [6, 6.07) is 16.0. The van der Waals surface area contributed by atoms with Crippen molar-refractivity contribution in [1.29, 1.82) is 0 Å². The summed E-state index contributed by atoms with van der Waals surface area (Å²) in [6.45, 7) is 3.44. The molecule has 6 rings (SSSR count). The van der Waals surface area contributed by atoms with E-state index in [1.165, 1.54) is 59.7 Å². The summed E-state index contributed by atoms with van der Waals surface area (Å²) in [5, 5.41) is 16.8. The zero-order chi connectivity index (χ0) is 22.7. The summed E-state index contributed by atoms with van der Waals surface area (Å²) >= 11 is 0. The smallest absolute Gasteiger partial charge is 0.123 e. The SMILES string of the molecule is c1ccc2c(c1)CCC2NCC1CCNCC1CCCc1c[nH]c2ccc(-n3cnnc3)cc12. The lowest BCUT2D eigenvalue weighted by atomic mass is 9.82. The highest BCUT2D eigenvalue weighted by atomic mass is 15.2. The maximum Gasteiger partial charge on any atom is 0.123 e. The van der Waals surface area contributed by atoms with Crippen molar-refractivity contribution < 1.29 is 0 Å². The van der Waals surface area contributed by atoms with E-state index >= 15 is 0 Å². The van der Waals surface area contributed by atoms with Crippen molar-refractivity contribution in [3.8, 4) is 5.69 Å². The standard InChI is InChI=1S/C28H34N6/c1-2-7-25-20(4-1)8-10-27(25)30-16-22-12-13-29-15-21(22)5-3-6-23-17-31-28-11-9-24(14-26(23)28)34-18-32-33-19-34/h1-2,4,7,9,11,14,17-19,21-22,27,29-31H,3,5-6,8,10,12-13,15-16H2. The van der Waals surface area contributed by atoms with Crippen LogP contribution in [0.2, 0.25) is 0 Å². The van der Waals surface area contributed by atoms with Crippen LogP contribution in [0.1, 0.15) is 48.4 Å². The number of aromatic nitrogens is 4. The lowest BCUT2D eigenvalue weighted by Gasteiger charge is -2.33. The van der Waals surface area contributed by atoms with Gasteiger partial charge in [-0.2, -0.15) is 0 Å². The van der Waals surface area contributed by atoms with E-state index in [2.05, 4.69) is 74.5 Å². The number of hydrogen-bond acceptors (Lipinski definition) is 4. The third-order valence-electron chi connectivity index (χ3n) is 8.01. The number of H-pyrrole nitrogens is 1. The van der Waals surface area contributed by atoms with Gasteiger partial charge >= 0.3 is 0 Å². The quantitative estimate of drug-likeness (QED) is 0.365. The van der Waals surface area contributed by atoms with Crippen LogP contribution in [0.15, 0.2) is 61.3 Å². The van der Waals surface area contributed by atoms with Crippen molar-refractivity contribution >= 4 is 10.9 Å². The third-order valence-corrected chi connectivity index (χ3v) is 8.01. The van der Waals surface area contributed by atoms with Gasteiger partial charge in [0.15, 0.2) is 0 Å². The van der Waals surface area contributed by atoms with Crippen molar-refractivity contribution in [2.45, 2.75) is 44.6 Å². The number of aromatic amines is 1. The molecule has 1 aliphatic heterocycles. The Morgan fingerprint density at radius 1 is 1.03 bits per heavy atom. The predicted octanol–water partition coefficient (Wildman–Crippen LogP) is 4.57. The first kappa shape index (κ1) is 21.6. The first-order valence-corrected chi connectivity index (χ1v) is 12.8. The number of rotatable bonds is 8. The second kappa shape index (κ2) is 9.72. The molecule has 4 aromatic rings. The maximum absolute atomic E-state index is 3.94. The number of hydrogen-bond donors (Lipinski definition) is 3. The summed E-state index contributed by atoms with van der Waals surface area (Å²) in [5.74, 6) is 1.51. The second-order valence-electron chi connectivity index (χ2n) is 10.0. The molecule has 0 bridgehead atoms. The van der Waals surface area contributed by atoms with Crippen LogP contribution in [0.4, 0.5) is 0 Å². The molecule has 3 N–H and O–H groups in total. The fourth-order valence-electron chi connectivity index (χ4n) is 6.07. The number of nitrogens with zero attached hydrogens (tertiary/aromatic N) is 3. The number of fused-ring (bicyclic) bond motifs is 2. The number of nitrogens with one attached hydrogen (secondary N) is 3. The zero-order valence-corrected chi connectivity index (χ0v) is 19.7. The molecule has 34 heavy (non-hydrogen) atoms. The van der Waals surface area contributed by atoms with Gasteiger partial charge < -0.3 is 15.6 Å². The van der Waals surface area contributed by atoms with E-state index in [0.717, 1.165) is 43.6 Å². The van der Waals surface area contributed by atoms with E-state index < -0.39 is 0 Å². The van der Waals surface area contributed by atoms with Gasteiger partial charge in [0.05, 0.1) is 0 Å². The van der Waals surface area contributed by atoms with Gasteiger partial charge in [-0.1, -0.05) is 24.3 Å². The second-order valence-corrected chi connectivity index (χ2v) is 10.0. The molecular formula is C28H34N6. The number of aryl methyl sites for hydroxylation is 2. The molecule has 3 heterocycles. The average Bonchev–Trinajstić information content (AvgIpc) is 3.64. The van der Waals surface area contributed by atoms with Crippen molar-refractivity contribution in [3.05, 3.63) is 78.0 Å². The van der Waals surface area contributed by atoms with Crippen LogP contribution in [-0.2, 0) is 12.8 Å². The lowest BCUT2D eigenvalue weighted by Crippen LogP contribution is -2.41. The van der Waals surface area contributed by atoms with Gasteiger partial charge in [0.2, 0.25) is 0 Å². The van der Waals surface area contributed by atoms with Gasteiger partial charge in [0.1, 0.15) is 12.7 Å². The highest BCUT2D eigenvalue weighted by Gasteiger charge is 2.27. The Hall–Kier alpha value is -2.96. The average molecular weight is 455 g/mol. The Morgan fingerprint density at radius 2 is 1.94 bits per heavy atom. The van der Waals surface area contributed by atoms with Crippen LogP contribution < -0.4 is 10.6 Å². The highest BCUT2D eigenvalue weighted by Crippen LogP contribution is 2.32. The van der Waals surface area contributed by atoms with Gasteiger partial charge in [0.25, 0.3) is 0 Å². The summed E-state index contributed by atoms with van der Waals surface area (Å²) in [6.07, 6.45) is 13.0. The Bertz CT molecular complexity index is 1230. The Morgan fingerprint density at radius 3 is 2.88 bits per heavy atom. The molecule has 1 saturated heterocycles. The third kappa shape index (κ3) is 4.40. The lowest BCUT2D eigenvalue weighted by molar-refractivity contribution is 0.224. The molecule has 6 heteroatoms. The van der Waals surface area contributed by atoms with E-state index in [9.17, 15) is 0 Å². The molecule has 0 spiro atoms. The molecule has 176 valence electrons. The summed E-state index contributed by atoms with van der Waals surface area (Å²) in [7, 11) is 0. The van der Waals surface area contributed by atoms with E-state index in [1.54, 1.807) is 12.7 Å². The Kier molecular flexibility index (Phi) is 6.17. The molecule has 0 radical (unpaired) electrons. The maximum atomic E-state index is 3.94. The molecule has 6 nitrogen and oxygen atoms in total. The van der Waals surface area contributed by atoms with E-state index in [4.69, 9.17) is 0 Å². The summed E-state index contributed by atoms with van der Waals surface area (Å²) in [5.41, 5.74) is 6.77. The van der Waals surface area contributed by atoms with E-state index in [0.29, 0.717) is 6.04 Å². The van der Waals surface area contributed by atoms with Crippen molar-refractivity contribution in [1.82, 2.24) is 30.4 Å². The molecule has 2 aliphatic rings. The van der Waals surface area contributed by atoms with Crippen LogP contribution in [0.25, 0.3) is 16.6 Å². The van der Waals surface area contributed by atoms with Crippen molar-refractivity contribution in [3.63, 3.8) is 0 Å². The number of piperidine rings is 1. The summed E-state index contributed by atoms with van der Waals surface area (Å²) in [4.78, 5) is 3.45. The van der Waals surface area contributed by atoms with Crippen LogP contribution >= 0.6 is 0 Å². The topological polar surface area (TPSA) is 70.6 Å². The van der Waals surface area contributed by atoms with Crippen LogP contribution in [0, 0.1) is 11.8 Å². The summed E-state index contributed by atoms with van der Waals surface area (Å²) < 4.78 is 1.96. The van der Waals surface area contributed by atoms with Gasteiger partial charge in [-0.15, -0.1) is 10.2 Å². The van der Waals surface area contributed by atoms with Gasteiger partial charge in [-0.25, -0.2) is 0 Å². The molecule has 1 aliphatic carbocycles. The van der Waals surface area contributed by atoms with E-state index in [1.807, 2.05) is 4.57 Å². The molecule has 2 aromatic carbocycles.